The zero-order valence-corrected chi connectivity index (χ0v) is 9.14. The molecule has 0 spiro atoms. The van der Waals surface area contributed by atoms with Crippen LogP contribution in [0.2, 0.25) is 5.02 Å². The standard InChI is InChI=1S/C9H7ClF3N3O/c1-2-3-16-8(17)7(6(10)4-15-16)14-5-9(11,12)13/h1,4,14H,3,5H2. The molecule has 0 aliphatic heterocycles. The molecule has 0 bridgehead atoms. The zero-order valence-electron chi connectivity index (χ0n) is 8.38. The van der Waals surface area contributed by atoms with Crippen LogP contribution in [0.1, 0.15) is 0 Å². The van der Waals surface area contributed by atoms with Gasteiger partial charge in [0.15, 0.2) is 0 Å². The summed E-state index contributed by atoms with van der Waals surface area (Å²) in [5.74, 6) is 2.15. The van der Waals surface area contributed by atoms with Crippen LogP contribution in [0.5, 0.6) is 0 Å². The Bertz CT molecular complexity index is 504. The van der Waals surface area contributed by atoms with Crippen molar-refractivity contribution >= 4 is 17.3 Å². The average Bonchev–Trinajstić information content (AvgIpc) is 2.21. The van der Waals surface area contributed by atoms with Crippen LogP contribution in [0, 0.1) is 12.3 Å². The van der Waals surface area contributed by atoms with Crippen LogP contribution in [-0.2, 0) is 6.54 Å². The Labute approximate surface area is 99.4 Å². The molecule has 0 aliphatic rings. The van der Waals surface area contributed by atoms with E-state index in [4.69, 9.17) is 18.0 Å². The van der Waals surface area contributed by atoms with Crippen molar-refractivity contribution in [1.82, 2.24) is 9.78 Å². The fraction of sp³-hybridized carbons (Fsp3) is 0.333. The topological polar surface area (TPSA) is 46.9 Å². The molecule has 0 unspecified atom stereocenters. The molecule has 1 heterocycles. The largest absolute Gasteiger partial charge is 0.405 e. The number of terminal acetylenes is 1. The second-order valence-corrected chi connectivity index (χ2v) is 3.41. The molecule has 1 aromatic rings. The minimum Gasteiger partial charge on any atom is -0.371 e. The minimum absolute atomic E-state index is 0.142. The van der Waals surface area contributed by atoms with Gasteiger partial charge in [0.25, 0.3) is 5.56 Å². The maximum atomic E-state index is 12.0. The third kappa shape index (κ3) is 3.67. The minimum atomic E-state index is -4.45. The van der Waals surface area contributed by atoms with E-state index in [1.165, 1.54) is 0 Å². The number of aromatic nitrogens is 2. The summed E-state index contributed by atoms with van der Waals surface area (Å²) in [4.78, 5) is 11.6. The second-order valence-electron chi connectivity index (χ2n) is 3.00. The van der Waals surface area contributed by atoms with Crippen molar-refractivity contribution < 1.29 is 13.2 Å². The smallest absolute Gasteiger partial charge is 0.371 e. The predicted octanol–water partition coefficient (Wildman–Crippen LogP) is 1.50. The third-order valence-electron chi connectivity index (χ3n) is 1.70. The summed E-state index contributed by atoms with van der Waals surface area (Å²) in [6, 6.07) is 0. The van der Waals surface area contributed by atoms with Crippen LogP contribution in [0.3, 0.4) is 0 Å². The summed E-state index contributed by atoms with van der Waals surface area (Å²) >= 11 is 5.57. The van der Waals surface area contributed by atoms with Crippen LogP contribution in [-0.4, -0.2) is 22.5 Å². The van der Waals surface area contributed by atoms with E-state index >= 15 is 0 Å². The molecule has 0 amide bonds. The molecule has 0 saturated carbocycles. The number of nitrogens with one attached hydrogen (secondary N) is 1. The number of hydrogen-bond donors (Lipinski definition) is 1. The lowest BCUT2D eigenvalue weighted by Gasteiger charge is -2.11. The lowest BCUT2D eigenvalue weighted by atomic mass is 10.4. The van der Waals surface area contributed by atoms with E-state index in [0.29, 0.717) is 0 Å². The summed E-state index contributed by atoms with van der Waals surface area (Å²) in [5.41, 5.74) is -1.16. The van der Waals surface area contributed by atoms with Gasteiger partial charge in [-0.1, -0.05) is 17.5 Å². The highest BCUT2D eigenvalue weighted by Gasteiger charge is 2.27. The van der Waals surface area contributed by atoms with Gasteiger partial charge >= 0.3 is 6.18 Å². The predicted molar refractivity (Wildman–Crippen MR) is 56.9 cm³/mol. The molecule has 8 heteroatoms. The number of halogens is 4. The van der Waals surface area contributed by atoms with Crippen molar-refractivity contribution in [1.29, 1.82) is 0 Å². The summed E-state index contributed by atoms with van der Waals surface area (Å²) < 4.78 is 36.8. The molecule has 0 atom stereocenters. The van der Waals surface area contributed by atoms with Gasteiger partial charge < -0.3 is 5.32 Å². The molecule has 0 radical (unpaired) electrons. The molecule has 17 heavy (non-hydrogen) atoms. The molecule has 0 saturated heterocycles. The molecule has 1 aromatic heterocycles. The number of alkyl halides is 3. The van der Waals surface area contributed by atoms with E-state index in [2.05, 4.69) is 11.0 Å². The Kier molecular flexibility index (Phi) is 4.02. The maximum Gasteiger partial charge on any atom is 0.405 e. The fourth-order valence-corrected chi connectivity index (χ4v) is 1.21. The van der Waals surface area contributed by atoms with Crippen molar-refractivity contribution in [2.75, 3.05) is 11.9 Å². The van der Waals surface area contributed by atoms with Gasteiger partial charge in [-0.3, -0.25) is 4.79 Å². The Hall–Kier alpha value is -1.68. The zero-order chi connectivity index (χ0) is 13.1. The molecule has 0 aromatic carbocycles. The van der Waals surface area contributed by atoms with E-state index < -0.39 is 18.3 Å². The van der Waals surface area contributed by atoms with Gasteiger partial charge in [0.2, 0.25) is 0 Å². The van der Waals surface area contributed by atoms with Gasteiger partial charge in [0.1, 0.15) is 18.8 Å². The maximum absolute atomic E-state index is 12.0. The van der Waals surface area contributed by atoms with Gasteiger partial charge in [-0.05, 0) is 0 Å². The summed E-state index contributed by atoms with van der Waals surface area (Å²) in [5, 5.41) is 5.31. The van der Waals surface area contributed by atoms with Crippen LogP contribution in [0.4, 0.5) is 18.9 Å². The van der Waals surface area contributed by atoms with Crippen LogP contribution in [0.15, 0.2) is 11.0 Å². The van der Waals surface area contributed by atoms with Crippen molar-refractivity contribution in [3.63, 3.8) is 0 Å². The SMILES string of the molecule is C#CCn1ncc(Cl)c(NCC(F)(F)F)c1=O. The highest BCUT2D eigenvalue weighted by atomic mass is 35.5. The molecule has 0 fully saturated rings. The average molecular weight is 266 g/mol. The highest BCUT2D eigenvalue weighted by molar-refractivity contribution is 6.32. The van der Waals surface area contributed by atoms with E-state index in [9.17, 15) is 18.0 Å². The van der Waals surface area contributed by atoms with Gasteiger partial charge in [0.05, 0.1) is 11.2 Å². The summed E-state index contributed by atoms with van der Waals surface area (Å²) in [6.07, 6.45) is 1.58. The first-order valence-electron chi connectivity index (χ1n) is 4.35. The molecule has 92 valence electrons. The Balaban J connectivity index is 3.03. The van der Waals surface area contributed by atoms with Crippen LogP contribution < -0.4 is 10.9 Å². The lowest BCUT2D eigenvalue weighted by molar-refractivity contribution is -0.115. The van der Waals surface area contributed by atoms with E-state index in [1.54, 1.807) is 0 Å². The van der Waals surface area contributed by atoms with E-state index in [0.717, 1.165) is 10.9 Å². The Morgan fingerprint density at radius 1 is 1.59 bits per heavy atom. The number of anilines is 1. The molecule has 1 rings (SSSR count). The van der Waals surface area contributed by atoms with E-state index in [-0.39, 0.29) is 17.3 Å². The Morgan fingerprint density at radius 2 is 2.24 bits per heavy atom. The second kappa shape index (κ2) is 5.10. The van der Waals surface area contributed by atoms with Crippen molar-refractivity contribution in [2.24, 2.45) is 0 Å². The summed E-state index contributed by atoms with van der Waals surface area (Å²) in [6.45, 7) is -1.50. The third-order valence-corrected chi connectivity index (χ3v) is 1.99. The lowest BCUT2D eigenvalue weighted by Crippen LogP contribution is -2.29. The molecule has 4 nitrogen and oxygen atoms in total. The first-order valence-corrected chi connectivity index (χ1v) is 4.72. The van der Waals surface area contributed by atoms with Crippen molar-refractivity contribution in [3.8, 4) is 12.3 Å². The van der Waals surface area contributed by atoms with Crippen LogP contribution >= 0.6 is 11.6 Å². The first kappa shape index (κ1) is 13.4. The van der Waals surface area contributed by atoms with Gasteiger partial charge in [0, 0.05) is 0 Å². The molecule has 1 N–H and O–H groups in total. The first-order chi connectivity index (χ1) is 7.85. The van der Waals surface area contributed by atoms with Crippen LogP contribution in [0.25, 0.3) is 0 Å². The molecule has 0 aliphatic carbocycles. The Morgan fingerprint density at radius 3 is 2.76 bits per heavy atom. The van der Waals surface area contributed by atoms with E-state index in [1.807, 2.05) is 5.32 Å². The number of rotatable bonds is 3. The quantitative estimate of drug-likeness (QED) is 0.843. The number of nitrogens with zero attached hydrogens (tertiary/aromatic N) is 2. The summed E-state index contributed by atoms with van der Waals surface area (Å²) in [7, 11) is 0. The normalized spacial score (nSPS) is 11.0. The monoisotopic (exact) mass is 265 g/mol. The van der Waals surface area contributed by atoms with Gasteiger partial charge in [-0.25, -0.2) is 4.68 Å². The molecular weight excluding hydrogens is 259 g/mol. The highest BCUT2D eigenvalue weighted by Crippen LogP contribution is 2.19. The van der Waals surface area contributed by atoms with Crippen molar-refractivity contribution in [2.45, 2.75) is 12.7 Å². The number of hydrogen-bond acceptors (Lipinski definition) is 3. The fourth-order valence-electron chi connectivity index (χ4n) is 1.02. The molecular formula is C9H7ClF3N3O. The van der Waals surface area contributed by atoms with Gasteiger partial charge in [-0.2, -0.15) is 18.3 Å². The van der Waals surface area contributed by atoms with Crippen molar-refractivity contribution in [3.05, 3.63) is 21.6 Å². The van der Waals surface area contributed by atoms with Gasteiger partial charge in [-0.15, -0.1) is 6.42 Å².